The lowest BCUT2D eigenvalue weighted by molar-refractivity contribution is 0.0893. The molecule has 1 heterocycles. The Morgan fingerprint density at radius 3 is 3.00 bits per heavy atom. The normalized spacial score (nSPS) is 24.0. The number of thiocarbonyl (C=S) groups is 1. The highest BCUT2D eigenvalue weighted by Crippen LogP contribution is 2.15. The van der Waals surface area contributed by atoms with Gasteiger partial charge in [-0.05, 0) is 38.9 Å². The highest BCUT2D eigenvalue weighted by molar-refractivity contribution is 7.80. The van der Waals surface area contributed by atoms with Crippen LogP contribution in [0.3, 0.4) is 0 Å². The van der Waals surface area contributed by atoms with Crippen LogP contribution >= 0.6 is 12.2 Å². The SMILES string of the molecule is CCNC(=S)NC(C)C1CCCO1. The van der Waals surface area contributed by atoms with Gasteiger partial charge in [0.05, 0.1) is 12.1 Å². The van der Waals surface area contributed by atoms with E-state index < -0.39 is 0 Å². The maximum atomic E-state index is 5.54. The van der Waals surface area contributed by atoms with Crippen molar-refractivity contribution in [1.29, 1.82) is 0 Å². The summed E-state index contributed by atoms with van der Waals surface area (Å²) in [6, 6.07) is 0.314. The number of nitrogens with one attached hydrogen (secondary N) is 2. The van der Waals surface area contributed by atoms with E-state index in [1.165, 1.54) is 6.42 Å². The van der Waals surface area contributed by atoms with E-state index in [-0.39, 0.29) is 0 Å². The van der Waals surface area contributed by atoms with Crippen molar-refractivity contribution in [2.75, 3.05) is 13.2 Å². The quantitative estimate of drug-likeness (QED) is 0.670. The summed E-state index contributed by atoms with van der Waals surface area (Å²) in [5.74, 6) is 0. The monoisotopic (exact) mass is 202 g/mol. The molecular weight excluding hydrogens is 184 g/mol. The lowest BCUT2D eigenvalue weighted by Crippen LogP contribution is -2.45. The summed E-state index contributed by atoms with van der Waals surface area (Å²) in [4.78, 5) is 0. The van der Waals surface area contributed by atoms with Gasteiger partial charge in [0.1, 0.15) is 0 Å². The number of ether oxygens (including phenoxy) is 1. The van der Waals surface area contributed by atoms with Gasteiger partial charge in [-0.3, -0.25) is 0 Å². The average Bonchev–Trinajstić information content (AvgIpc) is 2.55. The highest BCUT2D eigenvalue weighted by Gasteiger charge is 2.22. The van der Waals surface area contributed by atoms with Crippen LogP contribution in [-0.4, -0.2) is 30.4 Å². The number of rotatable bonds is 3. The summed E-state index contributed by atoms with van der Waals surface area (Å²) < 4.78 is 5.54. The molecule has 1 aliphatic heterocycles. The second-order valence-electron chi connectivity index (χ2n) is 3.34. The molecule has 1 rings (SSSR count). The number of hydrogen-bond acceptors (Lipinski definition) is 2. The van der Waals surface area contributed by atoms with Crippen LogP contribution in [0.25, 0.3) is 0 Å². The Hall–Kier alpha value is -0.350. The van der Waals surface area contributed by atoms with Gasteiger partial charge in [0, 0.05) is 13.2 Å². The standard InChI is InChI=1S/C9H18N2OS/c1-3-10-9(13)11-7(2)8-5-4-6-12-8/h7-8H,3-6H2,1-2H3,(H2,10,11,13). The molecule has 3 nitrogen and oxygen atoms in total. The van der Waals surface area contributed by atoms with Gasteiger partial charge in [0.25, 0.3) is 0 Å². The molecule has 0 aromatic carbocycles. The molecule has 2 N–H and O–H groups in total. The molecule has 0 radical (unpaired) electrons. The van der Waals surface area contributed by atoms with E-state index in [4.69, 9.17) is 17.0 Å². The molecule has 1 aliphatic rings. The Balaban J connectivity index is 2.22. The van der Waals surface area contributed by atoms with E-state index in [0.717, 1.165) is 24.7 Å². The number of hydrogen-bond donors (Lipinski definition) is 2. The van der Waals surface area contributed by atoms with Gasteiger partial charge in [-0.1, -0.05) is 0 Å². The first-order chi connectivity index (χ1) is 6.24. The molecule has 1 fully saturated rings. The summed E-state index contributed by atoms with van der Waals surface area (Å²) in [6.07, 6.45) is 2.64. The van der Waals surface area contributed by atoms with Crippen molar-refractivity contribution < 1.29 is 4.74 Å². The fraction of sp³-hybridized carbons (Fsp3) is 0.889. The van der Waals surface area contributed by atoms with Gasteiger partial charge in [0.15, 0.2) is 5.11 Å². The molecule has 0 spiro atoms. The van der Waals surface area contributed by atoms with Gasteiger partial charge in [-0.15, -0.1) is 0 Å². The summed E-state index contributed by atoms with van der Waals surface area (Å²) >= 11 is 5.09. The fourth-order valence-electron chi connectivity index (χ4n) is 1.51. The van der Waals surface area contributed by atoms with Crippen molar-refractivity contribution in [3.05, 3.63) is 0 Å². The predicted molar refractivity (Wildman–Crippen MR) is 57.8 cm³/mol. The predicted octanol–water partition coefficient (Wildman–Crippen LogP) is 1.04. The van der Waals surface area contributed by atoms with Gasteiger partial charge in [-0.25, -0.2) is 0 Å². The second-order valence-corrected chi connectivity index (χ2v) is 3.75. The summed E-state index contributed by atoms with van der Waals surface area (Å²) in [5, 5.41) is 7.01. The van der Waals surface area contributed by atoms with Crippen LogP contribution in [0.1, 0.15) is 26.7 Å². The Morgan fingerprint density at radius 2 is 2.46 bits per heavy atom. The summed E-state index contributed by atoms with van der Waals surface area (Å²) in [7, 11) is 0. The maximum absolute atomic E-state index is 5.54. The fourth-order valence-corrected chi connectivity index (χ4v) is 1.84. The molecule has 0 bridgehead atoms. The molecule has 13 heavy (non-hydrogen) atoms. The van der Waals surface area contributed by atoms with Crippen molar-refractivity contribution in [1.82, 2.24) is 10.6 Å². The van der Waals surface area contributed by atoms with Gasteiger partial charge >= 0.3 is 0 Å². The largest absolute Gasteiger partial charge is 0.376 e. The van der Waals surface area contributed by atoms with Gasteiger partial charge in [-0.2, -0.15) is 0 Å². The zero-order chi connectivity index (χ0) is 9.68. The second kappa shape index (κ2) is 5.40. The van der Waals surface area contributed by atoms with Crippen molar-refractivity contribution >= 4 is 17.3 Å². The molecule has 0 aromatic rings. The molecule has 0 aromatic heterocycles. The highest BCUT2D eigenvalue weighted by atomic mass is 32.1. The summed E-state index contributed by atoms with van der Waals surface area (Å²) in [6.45, 7) is 5.90. The van der Waals surface area contributed by atoms with Crippen molar-refractivity contribution in [3.8, 4) is 0 Å². The first-order valence-electron chi connectivity index (χ1n) is 4.90. The summed E-state index contributed by atoms with van der Waals surface area (Å²) in [5.41, 5.74) is 0. The zero-order valence-corrected chi connectivity index (χ0v) is 9.12. The smallest absolute Gasteiger partial charge is 0.166 e. The van der Waals surface area contributed by atoms with Gasteiger partial charge in [0.2, 0.25) is 0 Å². The molecule has 1 saturated heterocycles. The molecule has 2 atom stereocenters. The molecule has 4 heteroatoms. The van der Waals surface area contributed by atoms with E-state index in [2.05, 4.69) is 17.6 Å². The van der Waals surface area contributed by atoms with Crippen LogP contribution in [0.5, 0.6) is 0 Å². The topological polar surface area (TPSA) is 33.3 Å². The molecule has 0 aliphatic carbocycles. The minimum atomic E-state index is 0.314. The van der Waals surface area contributed by atoms with Crippen LogP contribution in [0.15, 0.2) is 0 Å². The van der Waals surface area contributed by atoms with E-state index in [9.17, 15) is 0 Å². The van der Waals surface area contributed by atoms with Crippen LogP contribution in [0.4, 0.5) is 0 Å². The van der Waals surface area contributed by atoms with Crippen LogP contribution in [0.2, 0.25) is 0 Å². The van der Waals surface area contributed by atoms with Crippen LogP contribution < -0.4 is 10.6 Å². The molecule has 76 valence electrons. The van der Waals surface area contributed by atoms with Crippen molar-refractivity contribution in [2.24, 2.45) is 0 Å². The van der Waals surface area contributed by atoms with E-state index >= 15 is 0 Å². The molecule has 2 unspecified atom stereocenters. The third kappa shape index (κ3) is 3.48. The van der Waals surface area contributed by atoms with Gasteiger partial charge < -0.3 is 15.4 Å². The average molecular weight is 202 g/mol. The van der Waals surface area contributed by atoms with E-state index in [0.29, 0.717) is 12.1 Å². The Kier molecular flexibility index (Phi) is 4.45. The lowest BCUT2D eigenvalue weighted by atomic mass is 10.1. The lowest BCUT2D eigenvalue weighted by Gasteiger charge is -2.21. The minimum Gasteiger partial charge on any atom is -0.376 e. The zero-order valence-electron chi connectivity index (χ0n) is 8.30. The van der Waals surface area contributed by atoms with Crippen molar-refractivity contribution in [2.45, 2.75) is 38.8 Å². The Bertz CT molecular complexity index is 169. The van der Waals surface area contributed by atoms with Crippen molar-refractivity contribution in [3.63, 3.8) is 0 Å². The van der Waals surface area contributed by atoms with E-state index in [1.54, 1.807) is 0 Å². The first-order valence-corrected chi connectivity index (χ1v) is 5.31. The van der Waals surface area contributed by atoms with E-state index in [1.807, 2.05) is 6.92 Å². The Labute approximate surface area is 85.2 Å². The third-order valence-electron chi connectivity index (χ3n) is 2.22. The first kappa shape index (κ1) is 10.7. The molecule has 0 amide bonds. The third-order valence-corrected chi connectivity index (χ3v) is 2.48. The minimum absolute atomic E-state index is 0.314. The molecular formula is C9H18N2OS. The van der Waals surface area contributed by atoms with Crippen LogP contribution in [-0.2, 0) is 4.74 Å². The molecule has 0 saturated carbocycles. The van der Waals surface area contributed by atoms with Crippen LogP contribution in [0, 0.1) is 0 Å². The maximum Gasteiger partial charge on any atom is 0.166 e. The Morgan fingerprint density at radius 1 is 1.69 bits per heavy atom.